The summed E-state index contributed by atoms with van der Waals surface area (Å²) in [6.07, 6.45) is 0. The van der Waals surface area contributed by atoms with Gasteiger partial charge in [0.15, 0.2) is 0 Å². The summed E-state index contributed by atoms with van der Waals surface area (Å²) in [6.45, 7) is 3.96. The second-order valence-electron chi connectivity index (χ2n) is 3.80. The normalized spacial score (nSPS) is 11.1. The molecule has 1 heterocycles. The van der Waals surface area contributed by atoms with Crippen LogP contribution in [0.1, 0.15) is 25.6 Å². The lowest BCUT2D eigenvalue weighted by molar-refractivity contribution is 0.625. The molecule has 0 aliphatic rings. The Labute approximate surface area is 97.9 Å². The number of benzene rings is 1. The Morgan fingerprint density at radius 3 is 2.69 bits per heavy atom. The molecule has 0 saturated carbocycles. The van der Waals surface area contributed by atoms with Gasteiger partial charge in [0.1, 0.15) is 11.6 Å². The highest BCUT2D eigenvalue weighted by atomic mass is 35.5. The second-order valence-corrected chi connectivity index (χ2v) is 4.14. The maximum atomic E-state index is 13.1. The van der Waals surface area contributed by atoms with Crippen molar-refractivity contribution in [1.29, 1.82) is 0 Å². The molecule has 84 valence electrons. The molecule has 1 aromatic heterocycles. The molecule has 2 aromatic rings. The zero-order valence-electron chi connectivity index (χ0n) is 8.98. The van der Waals surface area contributed by atoms with E-state index in [-0.39, 0.29) is 17.0 Å². The van der Waals surface area contributed by atoms with Gasteiger partial charge in [0.05, 0.1) is 5.69 Å². The van der Waals surface area contributed by atoms with Crippen molar-refractivity contribution in [1.82, 2.24) is 14.8 Å². The van der Waals surface area contributed by atoms with E-state index in [2.05, 4.69) is 10.2 Å². The van der Waals surface area contributed by atoms with Crippen LogP contribution in [0.3, 0.4) is 0 Å². The van der Waals surface area contributed by atoms with Crippen LogP contribution < -0.4 is 0 Å². The monoisotopic (exact) mass is 239 g/mol. The highest BCUT2D eigenvalue weighted by Gasteiger charge is 2.15. The van der Waals surface area contributed by atoms with Crippen molar-refractivity contribution in [2.75, 3.05) is 0 Å². The summed E-state index contributed by atoms with van der Waals surface area (Å²) in [5.74, 6) is 0.579. The largest absolute Gasteiger partial charge is 0.269 e. The molecule has 0 N–H and O–H groups in total. The van der Waals surface area contributed by atoms with E-state index in [1.807, 2.05) is 13.8 Å². The summed E-state index contributed by atoms with van der Waals surface area (Å²) in [5, 5.41) is 8.02. The van der Waals surface area contributed by atoms with Crippen molar-refractivity contribution in [3.63, 3.8) is 0 Å². The molecule has 0 aliphatic carbocycles. The molecule has 0 saturated heterocycles. The molecule has 0 amide bonds. The van der Waals surface area contributed by atoms with Gasteiger partial charge >= 0.3 is 0 Å². The van der Waals surface area contributed by atoms with E-state index < -0.39 is 0 Å². The average molecular weight is 240 g/mol. The third-order valence-corrected chi connectivity index (χ3v) is 2.48. The maximum absolute atomic E-state index is 13.1. The fraction of sp³-hybridized carbons (Fsp3) is 0.273. The molecular weight excluding hydrogens is 229 g/mol. The van der Waals surface area contributed by atoms with Crippen LogP contribution in [-0.4, -0.2) is 14.8 Å². The predicted octanol–water partition coefficient (Wildman–Crippen LogP) is 3.18. The van der Waals surface area contributed by atoms with Crippen LogP contribution in [0.2, 0.25) is 5.28 Å². The number of halogens is 2. The minimum Gasteiger partial charge on any atom is -0.269 e. The van der Waals surface area contributed by atoms with Crippen LogP contribution in [0, 0.1) is 5.82 Å². The van der Waals surface area contributed by atoms with Crippen molar-refractivity contribution < 1.29 is 4.39 Å². The second kappa shape index (κ2) is 4.22. The molecule has 16 heavy (non-hydrogen) atoms. The van der Waals surface area contributed by atoms with Gasteiger partial charge in [0.2, 0.25) is 5.28 Å². The van der Waals surface area contributed by atoms with Crippen LogP contribution in [0.15, 0.2) is 24.3 Å². The molecule has 0 bridgehead atoms. The smallest absolute Gasteiger partial charge is 0.229 e. The predicted molar refractivity (Wildman–Crippen MR) is 60.4 cm³/mol. The van der Waals surface area contributed by atoms with E-state index in [0.717, 1.165) is 5.82 Å². The first kappa shape index (κ1) is 11.1. The van der Waals surface area contributed by atoms with Crippen LogP contribution in [0.4, 0.5) is 4.39 Å². The number of aromatic nitrogens is 3. The van der Waals surface area contributed by atoms with Crippen LogP contribution in [0.5, 0.6) is 0 Å². The average Bonchev–Trinajstić information content (AvgIpc) is 2.60. The Bertz CT molecular complexity index is 508. The van der Waals surface area contributed by atoms with Gasteiger partial charge in [-0.25, -0.2) is 4.39 Å². The fourth-order valence-corrected chi connectivity index (χ4v) is 1.73. The topological polar surface area (TPSA) is 30.7 Å². The van der Waals surface area contributed by atoms with Crippen molar-refractivity contribution in [2.24, 2.45) is 0 Å². The van der Waals surface area contributed by atoms with Gasteiger partial charge in [0, 0.05) is 5.92 Å². The summed E-state index contributed by atoms with van der Waals surface area (Å²) in [4.78, 5) is 0. The zero-order chi connectivity index (χ0) is 11.7. The molecule has 0 radical (unpaired) electrons. The highest BCUT2D eigenvalue weighted by molar-refractivity contribution is 6.28. The van der Waals surface area contributed by atoms with Gasteiger partial charge in [-0.1, -0.05) is 19.9 Å². The van der Waals surface area contributed by atoms with Gasteiger partial charge in [-0.2, -0.15) is 0 Å². The third-order valence-electron chi connectivity index (χ3n) is 2.23. The Morgan fingerprint density at radius 1 is 1.31 bits per heavy atom. The SMILES string of the molecule is CC(C)c1nnc(Cl)n1-c1cccc(F)c1. The molecule has 3 nitrogen and oxygen atoms in total. The molecule has 0 fully saturated rings. The summed E-state index contributed by atoms with van der Waals surface area (Å²) in [5.41, 5.74) is 0.638. The van der Waals surface area contributed by atoms with Crippen LogP contribution in [0.25, 0.3) is 5.69 Å². The Hall–Kier alpha value is -1.42. The number of rotatable bonds is 2. The summed E-state index contributed by atoms with van der Waals surface area (Å²) in [7, 11) is 0. The van der Waals surface area contributed by atoms with Crippen molar-refractivity contribution >= 4 is 11.6 Å². The maximum Gasteiger partial charge on any atom is 0.229 e. The summed E-state index contributed by atoms with van der Waals surface area (Å²) < 4.78 is 14.8. The molecule has 0 aliphatic heterocycles. The lowest BCUT2D eigenvalue weighted by Crippen LogP contribution is -2.03. The minimum absolute atomic E-state index is 0.170. The van der Waals surface area contributed by atoms with Gasteiger partial charge < -0.3 is 0 Å². The van der Waals surface area contributed by atoms with E-state index >= 15 is 0 Å². The first-order valence-corrected chi connectivity index (χ1v) is 5.34. The minimum atomic E-state index is -0.308. The van der Waals surface area contributed by atoms with E-state index in [4.69, 9.17) is 11.6 Å². The van der Waals surface area contributed by atoms with Crippen molar-refractivity contribution in [3.8, 4) is 5.69 Å². The van der Waals surface area contributed by atoms with Crippen molar-refractivity contribution in [2.45, 2.75) is 19.8 Å². The third kappa shape index (κ3) is 1.93. The molecule has 0 atom stereocenters. The van der Waals surface area contributed by atoms with Crippen LogP contribution >= 0.6 is 11.6 Å². The zero-order valence-corrected chi connectivity index (χ0v) is 9.74. The van der Waals surface area contributed by atoms with E-state index in [1.165, 1.54) is 12.1 Å². The van der Waals surface area contributed by atoms with Gasteiger partial charge in [-0.15, -0.1) is 10.2 Å². The summed E-state index contributed by atoms with van der Waals surface area (Å²) >= 11 is 5.94. The first-order valence-electron chi connectivity index (χ1n) is 4.96. The Morgan fingerprint density at radius 2 is 2.06 bits per heavy atom. The van der Waals surface area contributed by atoms with Crippen LogP contribution in [-0.2, 0) is 0 Å². The van der Waals surface area contributed by atoms with Crippen molar-refractivity contribution in [3.05, 3.63) is 41.2 Å². The van der Waals surface area contributed by atoms with E-state index in [9.17, 15) is 4.39 Å². The quantitative estimate of drug-likeness (QED) is 0.806. The highest BCUT2D eigenvalue weighted by Crippen LogP contribution is 2.22. The van der Waals surface area contributed by atoms with Gasteiger partial charge in [-0.05, 0) is 29.8 Å². The molecule has 5 heteroatoms. The Kier molecular flexibility index (Phi) is 2.92. The lowest BCUT2D eigenvalue weighted by Gasteiger charge is -2.09. The summed E-state index contributed by atoms with van der Waals surface area (Å²) in [6, 6.07) is 6.19. The lowest BCUT2D eigenvalue weighted by atomic mass is 10.2. The van der Waals surface area contributed by atoms with E-state index in [0.29, 0.717) is 5.69 Å². The number of hydrogen-bond donors (Lipinski definition) is 0. The van der Waals surface area contributed by atoms with Gasteiger partial charge in [0.25, 0.3) is 0 Å². The molecule has 0 spiro atoms. The standard InChI is InChI=1S/C11H11ClFN3/c1-7(2)10-14-15-11(12)16(10)9-5-3-4-8(13)6-9/h3-7H,1-2H3. The van der Waals surface area contributed by atoms with E-state index in [1.54, 1.807) is 16.7 Å². The Balaban J connectivity index is 2.59. The fourth-order valence-electron chi connectivity index (χ4n) is 1.50. The van der Waals surface area contributed by atoms with Gasteiger partial charge in [-0.3, -0.25) is 4.57 Å². The number of nitrogens with zero attached hydrogens (tertiary/aromatic N) is 3. The molecule has 0 unspecified atom stereocenters. The molecular formula is C11H11ClFN3. The molecule has 1 aromatic carbocycles. The molecule has 2 rings (SSSR count). The number of hydrogen-bond acceptors (Lipinski definition) is 2. The first-order chi connectivity index (χ1) is 7.59.